The van der Waals surface area contributed by atoms with E-state index in [-0.39, 0.29) is 6.09 Å². The van der Waals surface area contributed by atoms with Gasteiger partial charge in [0.15, 0.2) is 0 Å². The molecule has 1 amide bonds. The van der Waals surface area contributed by atoms with Crippen LogP contribution in [-0.2, 0) is 11.3 Å². The van der Waals surface area contributed by atoms with E-state index in [9.17, 15) is 4.79 Å². The van der Waals surface area contributed by atoms with E-state index < -0.39 is 0 Å². The van der Waals surface area contributed by atoms with E-state index in [4.69, 9.17) is 4.74 Å². The van der Waals surface area contributed by atoms with Crippen LogP contribution in [0, 0.1) is 0 Å². The quantitative estimate of drug-likeness (QED) is 0.835. The van der Waals surface area contributed by atoms with Crippen LogP contribution < -0.4 is 0 Å². The summed E-state index contributed by atoms with van der Waals surface area (Å²) in [5, 5.41) is 0. The van der Waals surface area contributed by atoms with Gasteiger partial charge in [0.25, 0.3) is 0 Å². The monoisotopic (exact) mass is 293 g/mol. The van der Waals surface area contributed by atoms with Gasteiger partial charge in [-0.15, -0.1) is 0 Å². The maximum absolute atomic E-state index is 12.2. The topological polar surface area (TPSA) is 29.5 Å². The summed E-state index contributed by atoms with van der Waals surface area (Å²) in [7, 11) is 0. The van der Waals surface area contributed by atoms with Gasteiger partial charge in [-0.1, -0.05) is 30.3 Å². The van der Waals surface area contributed by atoms with Crippen LogP contribution in [0.3, 0.4) is 0 Å². The van der Waals surface area contributed by atoms with Gasteiger partial charge in [-0.3, -0.25) is 0 Å². The molecule has 1 aromatic rings. The van der Waals surface area contributed by atoms with Gasteiger partial charge in [-0.25, -0.2) is 4.79 Å². The van der Waals surface area contributed by atoms with Crippen molar-refractivity contribution in [3.8, 4) is 0 Å². The fourth-order valence-corrected chi connectivity index (χ4v) is 2.85. The molecule has 1 aliphatic heterocycles. The second kappa shape index (κ2) is 8.20. The molecule has 1 heterocycles. The summed E-state index contributed by atoms with van der Waals surface area (Å²) in [6.45, 7) is 1.18. The summed E-state index contributed by atoms with van der Waals surface area (Å²) in [6.07, 6.45) is 5.30. The molecule has 1 atom stereocenters. The van der Waals surface area contributed by atoms with Crippen LogP contribution in [0.15, 0.2) is 30.3 Å². The Balaban J connectivity index is 1.85. The SMILES string of the molecule is O=C(OCc1ccccc1)N1CCCCC1CCCS. The Morgan fingerprint density at radius 2 is 2.10 bits per heavy atom. The fourth-order valence-electron chi connectivity index (χ4n) is 2.67. The average Bonchev–Trinajstić information content (AvgIpc) is 2.52. The summed E-state index contributed by atoms with van der Waals surface area (Å²) in [4.78, 5) is 14.1. The van der Waals surface area contributed by atoms with Gasteiger partial charge in [0, 0.05) is 12.6 Å². The molecule has 2 rings (SSSR count). The van der Waals surface area contributed by atoms with Crippen molar-refractivity contribution in [2.24, 2.45) is 0 Å². The molecule has 0 spiro atoms. The van der Waals surface area contributed by atoms with Crippen LogP contribution in [0.1, 0.15) is 37.7 Å². The molecule has 20 heavy (non-hydrogen) atoms. The van der Waals surface area contributed by atoms with E-state index in [0.29, 0.717) is 12.6 Å². The smallest absolute Gasteiger partial charge is 0.410 e. The number of carbonyl (C=O) groups is 1. The minimum absolute atomic E-state index is 0.169. The molecule has 0 aromatic heterocycles. The number of rotatable bonds is 5. The highest BCUT2D eigenvalue weighted by molar-refractivity contribution is 7.80. The lowest BCUT2D eigenvalue weighted by molar-refractivity contribution is 0.0659. The van der Waals surface area contributed by atoms with Crippen LogP contribution in [0.25, 0.3) is 0 Å². The van der Waals surface area contributed by atoms with Gasteiger partial charge in [-0.05, 0) is 43.4 Å². The first-order chi connectivity index (χ1) is 9.81. The predicted octanol–water partition coefficient (Wildman–Crippen LogP) is 3.89. The second-order valence-corrected chi connectivity index (χ2v) is 5.70. The Bertz CT molecular complexity index is 410. The third-order valence-corrected chi connectivity index (χ3v) is 4.08. The number of ether oxygens (including phenoxy) is 1. The zero-order chi connectivity index (χ0) is 14.2. The van der Waals surface area contributed by atoms with Crippen molar-refractivity contribution >= 4 is 18.7 Å². The van der Waals surface area contributed by atoms with Gasteiger partial charge in [-0.2, -0.15) is 12.6 Å². The molecule has 110 valence electrons. The van der Waals surface area contributed by atoms with Crippen LogP contribution in [0.5, 0.6) is 0 Å². The number of likely N-dealkylation sites (tertiary alicyclic amines) is 1. The number of carbonyl (C=O) groups excluding carboxylic acids is 1. The molecule has 1 aliphatic rings. The molecule has 0 saturated carbocycles. The molecule has 4 heteroatoms. The molecule has 3 nitrogen and oxygen atoms in total. The molecule has 0 aliphatic carbocycles. The van der Waals surface area contributed by atoms with Crippen LogP contribution in [0.2, 0.25) is 0 Å². The number of benzene rings is 1. The van der Waals surface area contributed by atoms with Crippen molar-refractivity contribution in [2.75, 3.05) is 12.3 Å². The molecular weight excluding hydrogens is 270 g/mol. The standard InChI is InChI=1S/C16H23NO2S/c18-16(19-13-14-7-2-1-3-8-14)17-11-5-4-9-15(17)10-6-12-20/h1-3,7-8,15,20H,4-6,9-13H2. The highest BCUT2D eigenvalue weighted by Crippen LogP contribution is 2.22. The highest BCUT2D eigenvalue weighted by atomic mass is 32.1. The molecule has 1 fully saturated rings. The first-order valence-electron chi connectivity index (χ1n) is 7.39. The Kier molecular flexibility index (Phi) is 6.25. The number of piperidine rings is 1. The van der Waals surface area contributed by atoms with Crippen molar-refractivity contribution < 1.29 is 9.53 Å². The van der Waals surface area contributed by atoms with E-state index in [1.807, 2.05) is 35.2 Å². The first kappa shape index (κ1) is 15.2. The normalized spacial score (nSPS) is 18.9. The maximum atomic E-state index is 12.2. The second-order valence-electron chi connectivity index (χ2n) is 5.25. The van der Waals surface area contributed by atoms with E-state index in [0.717, 1.165) is 43.5 Å². The van der Waals surface area contributed by atoms with Gasteiger partial charge < -0.3 is 9.64 Å². The molecule has 0 N–H and O–H groups in total. The summed E-state index contributed by atoms with van der Waals surface area (Å²) < 4.78 is 5.45. The third kappa shape index (κ3) is 4.44. The Morgan fingerprint density at radius 3 is 2.85 bits per heavy atom. The van der Waals surface area contributed by atoms with Crippen molar-refractivity contribution in [2.45, 2.75) is 44.8 Å². The number of amides is 1. The molecule has 1 unspecified atom stereocenters. The minimum Gasteiger partial charge on any atom is -0.445 e. The molecule has 1 aromatic carbocycles. The largest absolute Gasteiger partial charge is 0.445 e. The average molecular weight is 293 g/mol. The molecule has 1 saturated heterocycles. The summed E-state index contributed by atoms with van der Waals surface area (Å²) >= 11 is 4.26. The Labute approximate surface area is 126 Å². The van der Waals surface area contributed by atoms with Crippen molar-refractivity contribution in [1.29, 1.82) is 0 Å². The van der Waals surface area contributed by atoms with Gasteiger partial charge in [0.1, 0.15) is 6.61 Å². The minimum atomic E-state index is -0.169. The first-order valence-corrected chi connectivity index (χ1v) is 8.02. The summed E-state index contributed by atoms with van der Waals surface area (Å²) in [5.41, 5.74) is 1.03. The number of hydrogen-bond acceptors (Lipinski definition) is 3. The highest BCUT2D eigenvalue weighted by Gasteiger charge is 2.27. The van der Waals surface area contributed by atoms with Crippen LogP contribution in [-0.4, -0.2) is 29.3 Å². The Morgan fingerprint density at radius 1 is 1.30 bits per heavy atom. The van der Waals surface area contributed by atoms with Crippen LogP contribution >= 0.6 is 12.6 Å². The van der Waals surface area contributed by atoms with E-state index in [1.54, 1.807) is 0 Å². The maximum Gasteiger partial charge on any atom is 0.410 e. The third-order valence-electron chi connectivity index (χ3n) is 3.76. The van der Waals surface area contributed by atoms with Gasteiger partial charge in [0.05, 0.1) is 0 Å². The van der Waals surface area contributed by atoms with Crippen LogP contribution in [0.4, 0.5) is 4.79 Å². The van der Waals surface area contributed by atoms with Gasteiger partial charge in [0.2, 0.25) is 0 Å². The van der Waals surface area contributed by atoms with E-state index in [1.165, 1.54) is 6.42 Å². The number of thiol groups is 1. The zero-order valence-electron chi connectivity index (χ0n) is 11.8. The molecule has 0 radical (unpaired) electrons. The number of nitrogens with zero attached hydrogens (tertiary/aromatic N) is 1. The van der Waals surface area contributed by atoms with Crippen molar-refractivity contribution in [1.82, 2.24) is 4.90 Å². The van der Waals surface area contributed by atoms with E-state index in [2.05, 4.69) is 12.6 Å². The van der Waals surface area contributed by atoms with Crippen molar-refractivity contribution in [3.63, 3.8) is 0 Å². The van der Waals surface area contributed by atoms with Gasteiger partial charge >= 0.3 is 6.09 Å². The fraction of sp³-hybridized carbons (Fsp3) is 0.562. The lowest BCUT2D eigenvalue weighted by Crippen LogP contribution is -2.44. The summed E-state index contributed by atoms with van der Waals surface area (Å²) in [6, 6.07) is 10.2. The predicted molar refractivity (Wildman–Crippen MR) is 84.1 cm³/mol. The molecular formula is C16H23NO2S. The van der Waals surface area contributed by atoms with E-state index >= 15 is 0 Å². The lowest BCUT2D eigenvalue weighted by Gasteiger charge is -2.35. The zero-order valence-corrected chi connectivity index (χ0v) is 12.7. The Hall–Kier alpha value is -1.16. The summed E-state index contributed by atoms with van der Waals surface area (Å²) in [5.74, 6) is 0.878. The molecule has 0 bridgehead atoms. The van der Waals surface area contributed by atoms with Crippen molar-refractivity contribution in [3.05, 3.63) is 35.9 Å². The lowest BCUT2D eigenvalue weighted by atomic mass is 9.99. The number of hydrogen-bond donors (Lipinski definition) is 1.